The van der Waals surface area contributed by atoms with Crippen molar-refractivity contribution in [3.63, 3.8) is 0 Å². The quantitative estimate of drug-likeness (QED) is 0.682. The summed E-state index contributed by atoms with van der Waals surface area (Å²) in [6, 6.07) is 20.9. The Balaban J connectivity index is 1.95. The zero-order valence-corrected chi connectivity index (χ0v) is 12.2. The second-order valence-corrected chi connectivity index (χ2v) is 5.27. The van der Waals surface area contributed by atoms with Crippen molar-refractivity contribution >= 4 is 23.4 Å². The summed E-state index contributed by atoms with van der Waals surface area (Å²) in [6.07, 6.45) is 0.883. The summed E-state index contributed by atoms with van der Waals surface area (Å²) in [6.45, 7) is 0. The molecule has 0 aliphatic heterocycles. The van der Waals surface area contributed by atoms with Crippen LogP contribution in [0.3, 0.4) is 0 Å². The summed E-state index contributed by atoms with van der Waals surface area (Å²) < 4.78 is 5.19. The Kier molecular flexibility index (Phi) is 3.66. The molecule has 3 aromatic rings. The lowest BCUT2D eigenvalue weighted by Crippen LogP contribution is -1.91. The van der Waals surface area contributed by atoms with Crippen LogP contribution in [0, 0.1) is 0 Å². The van der Waals surface area contributed by atoms with E-state index in [4.69, 9.17) is 17.4 Å². The van der Waals surface area contributed by atoms with E-state index in [2.05, 4.69) is 48.5 Å². The van der Waals surface area contributed by atoms with Gasteiger partial charge in [0.05, 0.1) is 7.11 Å². The zero-order chi connectivity index (χ0) is 13.9. The fraction of sp³-hybridized carbons (Fsp3) is 0.111. The van der Waals surface area contributed by atoms with E-state index in [-0.39, 0.29) is 0 Å². The smallest absolute Gasteiger partial charge is 0.118 e. The minimum Gasteiger partial charge on any atom is -0.497 e. The van der Waals surface area contributed by atoms with E-state index < -0.39 is 0 Å². The van der Waals surface area contributed by atoms with Crippen molar-refractivity contribution < 1.29 is 4.74 Å². The molecule has 0 bridgehead atoms. The van der Waals surface area contributed by atoms with Crippen LogP contribution < -0.4 is 4.74 Å². The summed E-state index contributed by atoms with van der Waals surface area (Å²) in [5, 5.41) is 2.44. The molecule has 0 aliphatic carbocycles. The van der Waals surface area contributed by atoms with Crippen LogP contribution in [0.15, 0.2) is 65.6 Å². The molecule has 0 spiro atoms. The highest BCUT2D eigenvalue weighted by Crippen LogP contribution is 2.27. The SMILES string of the molecule is COc1ccc(Cc2ccc3ccccc3c2S)cc1. The first-order valence-electron chi connectivity index (χ1n) is 6.60. The van der Waals surface area contributed by atoms with E-state index in [9.17, 15) is 0 Å². The van der Waals surface area contributed by atoms with Gasteiger partial charge in [-0.25, -0.2) is 0 Å². The molecule has 0 aliphatic rings. The van der Waals surface area contributed by atoms with Gasteiger partial charge in [-0.3, -0.25) is 0 Å². The van der Waals surface area contributed by atoms with Crippen LogP contribution in [0.1, 0.15) is 11.1 Å². The van der Waals surface area contributed by atoms with Crippen LogP contribution in [0.2, 0.25) is 0 Å². The second kappa shape index (κ2) is 5.59. The van der Waals surface area contributed by atoms with E-state index in [1.54, 1.807) is 7.11 Å². The number of fused-ring (bicyclic) bond motifs is 1. The van der Waals surface area contributed by atoms with Crippen LogP contribution in [0.25, 0.3) is 10.8 Å². The van der Waals surface area contributed by atoms with Crippen LogP contribution in [0.4, 0.5) is 0 Å². The Morgan fingerprint density at radius 3 is 2.40 bits per heavy atom. The zero-order valence-electron chi connectivity index (χ0n) is 11.3. The van der Waals surface area contributed by atoms with Crippen LogP contribution in [-0.4, -0.2) is 7.11 Å². The highest BCUT2D eigenvalue weighted by atomic mass is 32.1. The minimum atomic E-state index is 0.883. The van der Waals surface area contributed by atoms with Crippen molar-refractivity contribution in [2.45, 2.75) is 11.3 Å². The monoisotopic (exact) mass is 280 g/mol. The molecule has 20 heavy (non-hydrogen) atoms. The lowest BCUT2D eigenvalue weighted by molar-refractivity contribution is 0.414. The molecule has 0 fully saturated rings. The van der Waals surface area contributed by atoms with Gasteiger partial charge in [0, 0.05) is 4.90 Å². The molecular formula is C18H16OS. The summed E-state index contributed by atoms with van der Waals surface area (Å²) in [5.41, 5.74) is 2.51. The number of thiol groups is 1. The van der Waals surface area contributed by atoms with Crippen LogP contribution >= 0.6 is 12.6 Å². The Morgan fingerprint density at radius 1 is 0.900 bits per heavy atom. The lowest BCUT2D eigenvalue weighted by Gasteiger charge is -2.09. The van der Waals surface area contributed by atoms with E-state index in [1.807, 2.05) is 12.1 Å². The third-order valence-electron chi connectivity index (χ3n) is 3.54. The Bertz CT molecular complexity index is 732. The van der Waals surface area contributed by atoms with Crippen molar-refractivity contribution in [1.82, 2.24) is 0 Å². The number of hydrogen-bond donors (Lipinski definition) is 1. The first kappa shape index (κ1) is 13.1. The molecule has 1 nitrogen and oxygen atoms in total. The van der Waals surface area contributed by atoms with Gasteiger partial charge in [-0.1, -0.05) is 48.5 Å². The van der Waals surface area contributed by atoms with Crippen molar-refractivity contribution in [1.29, 1.82) is 0 Å². The standard InChI is InChI=1S/C18H16OS/c1-19-16-10-6-13(7-11-16)12-15-9-8-14-4-2-3-5-17(14)18(15)20/h2-11,20H,12H2,1H3. The Hall–Kier alpha value is -1.93. The topological polar surface area (TPSA) is 9.23 Å². The molecule has 0 N–H and O–H groups in total. The number of ether oxygens (including phenoxy) is 1. The fourth-order valence-electron chi connectivity index (χ4n) is 2.41. The van der Waals surface area contributed by atoms with Crippen LogP contribution in [-0.2, 0) is 6.42 Å². The molecule has 0 amide bonds. The second-order valence-electron chi connectivity index (χ2n) is 4.82. The molecule has 2 heteroatoms. The normalized spacial score (nSPS) is 10.7. The van der Waals surface area contributed by atoms with Crippen LogP contribution in [0.5, 0.6) is 5.75 Å². The molecule has 0 atom stereocenters. The Labute approximate surface area is 124 Å². The predicted octanol–water partition coefficient (Wildman–Crippen LogP) is 4.73. The third kappa shape index (κ3) is 2.52. The lowest BCUT2D eigenvalue weighted by atomic mass is 10.0. The fourth-order valence-corrected chi connectivity index (χ4v) is 2.76. The molecule has 0 aromatic heterocycles. The highest BCUT2D eigenvalue weighted by Gasteiger charge is 2.05. The maximum Gasteiger partial charge on any atom is 0.118 e. The number of hydrogen-bond acceptors (Lipinski definition) is 2. The average molecular weight is 280 g/mol. The van der Waals surface area contributed by atoms with Gasteiger partial charge >= 0.3 is 0 Å². The van der Waals surface area contributed by atoms with Gasteiger partial charge in [-0.2, -0.15) is 0 Å². The molecule has 0 heterocycles. The maximum atomic E-state index is 5.19. The molecule has 100 valence electrons. The van der Waals surface area contributed by atoms with E-state index in [0.29, 0.717) is 0 Å². The first-order valence-corrected chi connectivity index (χ1v) is 7.05. The van der Waals surface area contributed by atoms with Gasteiger partial charge in [0.15, 0.2) is 0 Å². The van der Waals surface area contributed by atoms with Gasteiger partial charge in [0.2, 0.25) is 0 Å². The molecule has 0 saturated heterocycles. The molecular weight excluding hydrogens is 264 g/mol. The summed E-state index contributed by atoms with van der Waals surface area (Å²) in [7, 11) is 1.68. The van der Waals surface area contributed by atoms with Crippen molar-refractivity contribution in [3.8, 4) is 5.75 Å². The number of methoxy groups -OCH3 is 1. The van der Waals surface area contributed by atoms with E-state index in [0.717, 1.165) is 17.1 Å². The van der Waals surface area contributed by atoms with Gasteiger partial charge in [-0.15, -0.1) is 12.6 Å². The summed E-state index contributed by atoms with van der Waals surface area (Å²) in [4.78, 5) is 1.07. The first-order chi connectivity index (χ1) is 9.78. The molecule has 0 saturated carbocycles. The largest absolute Gasteiger partial charge is 0.497 e. The highest BCUT2D eigenvalue weighted by molar-refractivity contribution is 7.80. The van der Waals surface area contributed by atoms with Gasteiger partial charge in [0.1, 0.15) is 5.75 Å². The predicted molar refractivity (Wildman–Crippen MR) is 87.0 cm³/mol. The minimum absolute atomic E-state index is 0.883. The van der Waals surface area contributed by atoms with E-state index in [1.165, 1.54) is 21.9 Å². The maximum absolute atomic E-state index is 5.19. The van der Waals surface area contributed by atoms with E-state index >= 15 is 0 Å². The summed E-state index contributed by atoms with van der Waals surface area (Å²) >= 11 is 4.71. The van der Waals surface area contributed by atoms with Gasteiger partial charge in [0.25, 0.3) is 0 Å². The molecule has 3 aromatic carbocycles. The molecule has 0 unspecified atom stereocenters. The average Bonchev–Trinajstić information content (AvgIpc) is 2.51. The third-order valence-corrected chi connectivity index (χ3v) is 4.07. The Morgan fingerprint density at radius 2 is 1.65 bits per heavy atom. The number of benzene rings is 3. The van der Waals surface area contributed by atoms with Crippen molar-refractivity contribution in [2.24, 2.45) is 0 Å². The number of rotatable bonds is 3. The molecule has 0 radical (unpaired) electrons. The van der Waals surface area contributed by atoms with Gasteiger partial charge < -0.3 is 4.74 Å². The van der Waals surface area contributed by atoms with Gasteiger partial charge in [-0.05, 0) is 40.5 Å². The van der Waals surface area contributed by atoms with Crippen molar-refractivity contribution in [2.75, 3.05) is 7.11 Å². The summed E-state index contributed by atoms with van der Waals surface area (Å²) in [5.74, 6) is 0.887. The molecule has 3 rings (SSSR count). The van der Waals surface area contributed by atoms with Crippen molar-refractivity contribution in [3.05, 3.63) is 71.8 Å².